The minimum absolute atomic E-state index is 0.508. The molecule has 0 saturated heterocycles. The molecule has 0 bridgehead atoms. The van der Waals surface area contributed by atoms with Crippen molar-refractivity contribution < 1.29 is 0 Å². The Morgan fingerprint density at radius 2 is 2.06 bits per heavy atom. The van der Waals surface area contributed by atoms with Gasteiger partial charge < -0.3 is 5.32 Å². The fourth-order valence-electron chi connectivity index (χ4n) is 3.01. The predicted molar refractivity (Wildman–Crippen MR) is 82.4 cm³/mol. The van der Waals surface area contributed by atoms with Gasteiger partial charge in [0.1, 0.15) is 0 Å². The molecule has 2 atom stereocenters. The second-order valence-electron chi connectivity index (χ2n) is 5.35. The first kappa shape index (κ1) is 14.0. The van der Waals surface area contributed by atoms with E-state index in [1.807, 2.05) is 11.8 Å². The summed E-state index contributed by atoms with van der Waals surface area (Å²) in [5, 5.41) is 3.66. The van der Waals surface area contributed by atoms with Crippen molar-refractivity contribution in [2.45, 2.75) is 39.2 Å². The van der Waals surface area contributed by atoms with Crippen molar-refractivity contribution >= 4 is 11.8 Å². The summed E-state index contributed by atoms with van der Waals surface area (Å²) in [6, 6.07) is 7.66. The molecule has 0 amide bonds. The van der Waals surface area contributed by atoms with Crippen LogP contribution in [0.25, 0.3) is 0 Å². The van der Waals surface area contributed by atoms with Crippen molar-refractivity contribution in [2.24, 2.45) is 5.92 Å². The van der Waals surface area contributed by atoms with Crippen LogP contribution in [0.15, 0.2) is 18.2 Å². The Morgan fingerprint density at radius 3 is 2.78 bits per heavy atom. The molecule has 1 N–H and O–H groups in total. The Morgan fingerprint density at radius 1 is 1.28 bits per heavy atom. The lowest BCUT2D eigenvalue weighted by molar-refractivity contribution is 0.427. The van der Waals surface area contributed by atoms with Gasteiger partial charge >= 0.3 is 0 Å². The van der Waals surface area contributed by atoms with Crippen molar-refractivity contribution in [3.63, 3.8) is 0 Å². The summed E-state index contributed by atoms with van der Waals surface area (Å²) in [7, 11) is 0. The number of hydrogen-bond donors (Lipinski definition) is 1. The number of nitrogens with one attached hydrogen (secondary N) is 1. The van der Waals surface area contributed by atoms with Gasteiger partial charge in [0.05, 0.1) is 0 Å². The van der Waals surface area contributed by atoms with Crippen LogP contribution in [0.5, 0.6) is 0 Å². The molecule has 1 aliphatic carbocycles. The lowest BCUT2D eigenvalue weighted by atomic mass is 9.93. The predicted octanol–water partition coefficient (Wildman–Crippen LogP) is 3.83. The molecule has 18 heavy (non-hydrogen) atoms. The van der Waals surface area contributed by atoms with E-state index in [1.165, 1.54) is 30.6 Å². The lowest BCUT2D eigenvalue weighted by Crippen LogP contribution is -2.28. The molecule has 1 aromatic carbocycles. The van der Waals surface area contributed by atoms with Crippen molar-refractivity contribution in [1.29, 1.82) is 0 Å². The third-order valence-electron chi connectivity index (χ3n) is 3.90. The standard InChI is InChI=1S/C16H25NS/c1-4-17-16(12(2)11-18-3)15-9-8-13-6-5-7-14(13)10-15/h8-10,12,16-17H,4-7,11H2,1-3H3. The van der Waals surface area contributed by atoms with E-state index in [0.29, 0.717) is 12.0 Å². The smallest absolute Gasteiger partial charge is 0.0353 e. The first-order valence-corrected chi connectivity index (χ1v) is 8.49. The van der Waals surface area contributed by atoms with E-state index in [-0.39, 0.29) is 0 Å². The fourth-order valence-corrected chi connectivity index (χ4v) is 3.73. The Bertz CT molecular complexity index is 389. The molecule has 0 saturated carbocycles. The van der Waals surface area contributed by atoms with Crippen molar-refractivity contribution in [3.05, 3.63) is 34.9 Å². The average Bonchev–Trinajstić information content (AvgIpc) is 2.83. The monoisotopic (exact) mass is 263 g/mol. The lowest BCUT2D eigenvalue weighted by Gasteiger charge is -2.25. The molecule has 0 radical (unpaired) electrons. The maximum Gasteiger partial charge on any atom is 0.0353 e. The number of fused-ring (bicyclic) bond motifs is 1. The van der Waals surface area contributed by atoms with E-state index >= 15 is 0 Å². The molecule has 2 unspecified atom stereocenters. The van der Waals surface area contributed by atoms with E-state index in [4.69, 9.17) is 0 Å². The number of aryl methyl sites for hydroxylation is 2. The zero-order valence-electron chi connectivity index (χ0n) is 11.8. The van der Waals surface area contributed by atoms with Crippen LogP contribution in [0.2, 0.25) is 0 Å². The summed E-state index contributed by atoms with van der Waals surface area (Å²) in [5.74, 6) is 1.90. The molecule has 1 aliphatic rings. The van der Waals surface area contributed by atoms with Crippen molar-refractivity contribution in [1.82, 2.24) is 5.32 Å². The molecule has 2 rings (SSSR count). The van der Waals surface area contributed by atoms with E-state index in [9.17, 15) is 0 Å². The van der Waals surface area contributed by atoms with Crippen LogP contribution in [0.3, 0.4) is 0 Å². The molecule has 100 valence electrons. The first-order chi connectivity index (χ1) is 8.76. The molecule has 0 spiro atoms. The zero-order chi connectivity index (χ0) is 13.0. The highest BCUT2D eigenvalue weighted by atomic mass is 32.2. The fraction of sp³-hybridized carbons (Fsp3) is 0.625. The van der Waals surface area contributed by atoms with Crippen LogP contribution in [0.1, 0.15) is 43.0 Å². The van der Waals surface area contributed by atoms with Crippen LogP contribution >= 0.6 is 11.8 Å². The maximum atomic E-state index is 3.66. The highest BCUT2D eigenvalue weighted by molar-refractivity contribution is 7.98. The van der Waals surface area contributed by atoms with Crippen LogP contribution < -0.4 is 5.32 Å². The molecule has 2 heteroatoms. The SMILES string of the molecule is CCNC(c1ccc2c(c1)CCC2)C(C)CSC. The van der Waals surface area contributed by atoms with Gasteiger partial charge in [0.2, 0.25) is 0 Å². The highest BCUT2D eigenvalue weighted by Gasteiger charge is 2.20. The van der Waals surface area contributed by atoms with Crippen LogP contribution in [-0.4, -0.2) is 18.6 Å². The van der Waals surface area contributed by atoms with Gasteiger partial charge in [-0.25, -0.2) is 0 Å². The Hall–Kier alpha value is -0.470. The van der Waals surface area contributed by atoms with Crippen LogP contribution in [-0.2, 0) is 12.8 Å². The van der Waals surface area contributed by atoms with Gasteiger partial charge in [-0.05, 0) is 60.4 Å². The third-order valence-corrected chi connectivity index (χ3v) is 4.76. The van der Waals surface area contributed by atoms with Gasteiger partial charge in [-0.1, -0.05) is 32.0 Å². The molecular weight excluding hydrogens is 238 g/mol. The largest absolute Gasteiger partial charge is 0.310 e. The van der Waals surface area contributed by atoms with Gasteiger partial charge in [0.15, 0.2) is 0 Å². The summed E-state index contributed by atoms with van der Waals surface area (Å²) in [4.78, 5) is 0. The van der Waals surface area contributed by atoms with Gasteiger partial charge in [-0.3, -0.25) is 0 Å². The average molecular weight is 263 g/mol. The van der Waals surface area contributed by atoms with Gasteiger partial charge in [-0.15, -0.1) is 0 Å². The number of thioether (sulfide) groups is 1. The summed E-state index contributed by atoms with van der Waals surface area (Å²) in [5.41, 5.74) is 4.65. The minimum Gasteiger partial charge on any atom is -0.310 e. The second-order valence-corrected chi connectivity index (χ2v) is 6.26. The number of benzene rings is 1. The van der Waals surface area contributed by atoms with E-state index in [0.717, 1.165) is 6.54 Å². The maximum absolute atomic E-state index is 3.66. The molecule has 0 heterocycles. The summed E-state index contributed by atoms with van der Waals surface area (Å²) in [6.45, 7) is 5.60. The first-order valence-electron chi connectivity index (χ1n) is 7.10. The van der Waals surface area contributed by atoms with Gasteiger partial charge in [0, 0.05) is 6.04 Å². The van der Waals surface area contributed by atoms with Gasteiger partial charge in [0.25, 0.3) is 0 Å². The molecule has 0 aliphatic heterocycles. The van der Waals surface area contributed by atoms with Crippen molar-refractivity contribution in [3.8, 4) is 0 Å². The second kappa shape index (κ2) is 6.63. The summed E-state index contributed by atoms with van der Waals surface area (Å²) in [6.07, 6.45) is 6.09. The normalized spacial score (nSPS) is 17.5. The van der Waals surface area contributed by atoms with E-state index in [2.05, 4.69) is 43.6 Å². The molecule has 1 aromatic rings. The minimum atomic E-state index is 0.508. The molecule has 1 nitrogen and oxygen atoms in total. The molecular formula is C16H25NS. The number of rotatable bonds is 6. The number of hydrogen-bond acceptors (Lipinski definition) is 2. The summed E-state index contributed by atoms with van der Waals surface area (Å²) >= 11 is 1.94. The van der Waals surface area contributed by atoms with E-state index < -0.39 is 0 Å². The Labute approximate surface area is 116 Å². The quantitative estimate of drug-likeness (QED) is 0.837. The Kier molecular flexibility index (Phi) is 5.13. The zero-order valence-corrected chi connectivity index (χ0v) is 12.6. The van der Waals surface area contributed by atoms with Gasteiger partial charge in [-0.2, -0.15) is 11.8 Å². The van der Waals surface area contributed by atoms with Crippen LogP contribution in [0, 0.1) is 5.92 Å². The Balaban J connectivity index is 2.19. The highest BCUT2D eigenvalue weighted by Crippen LogP contribution is 2.29. The van der Waals surface area contributed by atoms with Crippen LogP contribution in [0.4, 0.5) is 0 Å². The van der Waals surface area contributed by atoms with E-state index in [1.54, 1.807) is 11.1 Å². The summed E-state index contributed by atoms with van der Waals surface area (Å²) < 4.78 is 0. The third kappa shape index (κ3) is 3.10. The topological polar surface area (TPSA) is 12.0 Å². The molecule has 0 aromatic heterocycles. The van der Waals surface area contributed by atoms with Crippen molar-refractivity contribution in [2.75, 3.05) is 18.6 Å². The molecule has 0 fully saturated rings.